The summed E-state index contributed by atoms with van der Waals surface area (Å²) in [4.78, 5) is 26.0. The van der Waals surface area contributed by atoms with Crippen LogP contribution in [0.1, 0.15) is 30.9 Å². The number of sulfonamides is 1. The number of carboxylic acids is 1. The third-order valence-electron chi connectivity index (χ3n) is 5.32. The van der Waals surface area contributed by atoms with E-state index in [1.807, 2.05) is 44.2 Å². The van der Waals surface area contributed by atoms with Gasteiger partial charge < -0.3 is 10.0 Å². The molecule has 0 radical (unpaired) electrons. The fraction of sp³-hybridized carbons (Fsp3) is 0.364. The zero-order valence-corrected chi connectivity index (χ0v) is 17.9. The van der Waals surface area contributed by atoms with E-state index < -0.39 is 22.0 Å². The number of rotatable bonds is 6. The van der Waals surface area contributed by atoms with Gasteiger partial charge >= 0.3 is 5.97 Å². The summed E-state index contributed by atoms with van der Waals surface area (Å²) in [6.07, 6.45) is 0.149. The first kappa shape index (κ1) is 22.0. The van der Waals surface area contributed by atoms with Crippen LogP contribution in [0.2, 0.25) is 0 Å². The third-order valence-corrected chi connectivity index (χ3v) is 7.24. The van der Waals surface area contributed by atoms with Crippen molar-refractivity contribution < 1.29 is 23.1 Å². The highest BCUT2D eigenvalue weighted by Crippen LogP contribution is 2.24. The van der Waals surface area contributed by atoms with E-state index in [2.05, 4.69) is 0 Å². The minimum Gasteiger partial charge on any atom is -0.480 e. The molecule has 1 saturated heterocycles. The summed E-state index contributed by atoms with van der Waals surface area (Å²) in [5.74, 6) is -1.23. The molecular weight excluding hydrogens is 404 g/mol. The molecule has 0 bridgehead atoms. The van der Waals surface area contributed by atoms with Crippen molar-refractivity contribution in [1.82, 2.24) is 9.21 Å². The van der Waals surface area contributed by atoms with E-state index in [1.165, 1.54) is 17.0 Å². The van der Waals surface area contributed by atoms with Crippen LogP contribution in [0.25, 0.3) is 0 Å². The van der Waals surface area contributed by atoms with Gasteiger partial charge in [0.05, 0.1) is 11.3 Å². The topological polar surface area (TPSA) is 95.0 Å². The van der Waals surface area contributed by atoms with Gasteiger partial charge in [0.25, 0.3) is 0 Å². The second-order valence-corrected chi connectivity index (χ2v) is 9.59. The summed E-state index contributed by atoms with van der Waals surface area (Å²) in [7, 11) is -3.99. The Hall–Kier alpha value is -2.71. The summed E-state index contributed by atoms with van der Waals surface area (Å²) in [5.41, 5.74) is 1.83. The van der Waals surface area contributed by atoms with Crippen molar-refractivity contribution in [3.63, 3.8) is 0 Å². The van der Waals surface area contributed by atoms with Crippen LogP contribution in [0.3, 0.4) is 0 Å². The van der Waals surface area contributed by atoms with Crippen LogP contribution in [0, 0.1) is 0 Å². The average Bonchev–Trinajstić information content (AvgIpc) is 2.74. The molecule has 1 amide bonds. The number of nitrogens with zero attached hydrogens (tertiary/aromatic N) is 2. The Morgan fingerprint density at radius 3 is 2.23 bits per heavy atom. The van der Waals surface area contributed by atoms with Crippen molar-refractivity contribution >= 4 is 21.9 Å². The van der Waals surface area contributed by atoms with Crippen LogP contribution >= 0.6 is 0 Å². The molecule has 1 aliphatic heterocycles. The molecule has 2 aromatic carbocycles. The molecule has 0 saturated carbocycles. The lowest BCUT2D eigenvalue weighted by molar-refractivity contribution is -0.145. The van der Waals surface area contributed by atoms with Gasteiger partial charge in [0.2, 0.25) is 15.9 Å². The van der Waals surface area contributed by atoms with Gasteiger partial charge in [-0.25, -0.2) is 8.42 Å². The Balaban J connectivity index is 1.78. The Labute approximate surface area is 177 Å². The fourth-order valence-electron chi connectivity index (χ4n) is 3.52. The minimum absolute atomic E-state index is 0.0576. The number of carbonyl (C=O) groups is 2. The molecular formula is C22H26N2O5S. The van der Waals surface area contributed by atoms with Crippen LogP contribution in [0.15, 0.2) is 59.5 Å². The van der Waals surface area contributed by atoms with Gasteiger partial charge in [0.15, 0.2) is 0 Å². The van der Waals surface area contributed by atoms with Crippen molar-refractivity contribution in [2.75, 3.05) is 19.6 Å². The lowest BCUT2D eigenvalue weighted by Gasteiger charge is -2.38. The van der Waals surface area contributed by atoms with Crippen molar-refractivity contribution in [3.8, 4) is 0 Å². The molecule has 3 rings (SSSR count). The van der Waals surface area contributed by atoms with Crippen molar-refractivity contribution in [1.29, 1.82) is 0 Å². The number of carboxylic acid groups (broad SMARTS) is 1. The zero-order chi connectivity index (χ0) is 21.9. The van der Waals surface area contributed by atoms with Crippen LogP contribution in [-0.2, 0) is 26.0 Å². The number of carbonyl (C=O) groups excluding carboxylic acids is 1. The standard InChI is InChI=1S/C22H26N2O5S/c1-16(2)18-8-10-19(11-9-18)30(28,29)24-13-12-23(15-20(24)22(26)27)21(25)14-17-6-4-3-5-7-17/h3-11,16,20H,12-15H2,1-2H3,(H,26,27). The predicted molar refractivity (Wildman–Crippen MR) is 113 cm³/mol. The number of piperazine rings is 1. The van der Waals surface area contributed by atoms with Crippen LogP contribution < -0.4 is 0 Å². The molecule has 1 unspecified atom stereocenters. The highest BCUT2D eigenvalue weighted by Gasteiger charge is 2.41. The molecule has 2 aromatic rings. The third kappa shape index (κ3) is 4.71. The predicted octanol–water partition coefficient (Wildman–Crippen LogP) is 2.34. The van der Waals surface area contributed by atoms with E-state index in [0.717, 1.165) is 15.4 Å². The largest absolute Gasteiger partial charge is 0.480 e. The number of hydrogen-bond donors (Lipinski definition) is 1. The Bertz CT molecular complexity index is 1000. The molecule has 8 heteroatoms. The van der Waals surface area contributed by atoms with Gasteiger partial charge in [-0.3, -0.25) is 9.59 Å². The van der Waals surface area contributed by atoms with Crippen molar-refractivity contribution in [2.24, 2.45) is 0 Å². The molecule has 1 heterocycles. The smallest absolute Gasteiger partial charge is 0.323 e. The first-order valence-corrected chi connectivity index (χ1v) is 11.3. The molecule has 0 spiro atoms. The summed E-state index contributed by atoms with van der Waals surface area (Å²) in [6, 6.07) is 14.4. The summed E-state index contributed by atoms with van der Waals surface area (Å²) >= 11 is 0. The van der Waals surface area contributed by atoms with Crippen molar-refractivity contribution in [3.05, 3.63) is 65.7 Å². The number of amides is 1. The summed E-state index contributed by atoms with van der Waals surface area (Å²) < 4.78 is 27.2. The molecule has 1 fully saturated rings. The van der Waals surface area contributed by atoms with Crippen LogP contribution in [0.5, 0.6) is 0 Å². The van der Waals surface area contributed by atoms with Crippen molar-refractivity contribution in [2.45, 2.75) is 37.1 Å². The molecule has 7 nitrogen and oxygen atoms in total. The van der Waals surface area contributed by atoms with E-state index in [0.29, 0.717) is 0 Å². The van der Waals surface area contributed by atoms with E-state index in [4.69, 9.17) is 0 Å². The van der Waals surface area contributed by atoms with E-state index in [1.54, 1.807) is 12.1 Å². The molecule has 30 heavy (non-hydrogen) atoms. The van der Waals surface area contributed by atoms with E-state index >= 15 is 0 Å². The Morgan fingerprint density at radius 1 is 1.03 bits per heavy atom. The summed E-state index contributed by atoms with van der Waals surface area (Å²) in [5, 5.41) is 9.68. The minimum atomic E-state index is -3.99. The average molecular weight is 431 g/mol. The zero-order valence-electron chi connectivity index (χ0n) is 17.1. The van der Waals surface area contributed by atoms with Gasteiger partial charge in [-0.15, -0.1) is 0 Å². The number of aliphatic carboxylic acids is 1. The lowest BCUT2D eigenvalue weighted by Crippen LogP contribution is -2.59. The fourth-order valence-corrected chi connectivity index (χ4v) is 5.09. The van der Waals surface area contributed by atoms with Gasteiger partial charge in [0.1, 0.15) is 6.04 Å². The molecule has 0 aromatic heterocycles. The molecule has 160 valence electrons. The van der Waals surface area contributed by atoms with Gasteiger partial charge in [-0.2, -0.15) is 4.31 Å². The molecule has 1 atom stereocenters. The van der Waals surface area contributed by atoms with E-state index in [9.17, 15) is 23.1 Å². The quantitative estimate of drug-likeness (QED) is 0.759. The molecule has 1 aliphatic rings. The summed E-state index contributed by atoms with van der Waals surface area (Å²) in [6.45, 7) is 3.93. The highest BCUT2D eigenvalue weighted by atomic mass is 32.2. The van der Waals surface area contributed by atoms with Gasteiger partial charge in [0, 0.05) is 19.6 Å². The second-order valence-electron chi connectivity index (χ2n) is 7.70. The normalized spacial score (nSPS) is 17.8. The first-order chi connectivity index (χ1) is 14.2. The SMILES string of the molecule is CC(C)c1ccc(S(=O)(=O)N2CCN(C(=O)Cc3ccccc3)CC2C(=O)O)cc1. The first-order valence-electron chi connectivity index (χ1n) is 9.86. The monoisotopic (exact) mass is 430 g/mol. The maximum Gasteiger partial charge on any atom is 0.323 e. The number of hydrogen-bond acceptors (Lipinski definition) is 4. The maximum absolute atomic E-state index is 13.1. The lowest BCUT2D eigenvalue weighted by atomic mass is 10.0. The molecule has 0 aliphatic carbocycles. The van der Waals surface area contributed by atoms with Crippen LogP contribution in [-0.4, -0.2) is 60.3 Å². The Kier molecular flexibility index (Phi) is 6.58. The van der Waals surface area contributed by atoms with Gasteiger partial charge in [-0.1, -0.05) is 56.3 Å². The van der Waals surface area contributed by atoms with Crippen LogP contribution in [0.4, 0.5) is 0 Å². The second kappa shape index (κ2) is 8.97. The highest BCUT2D eigenvalue weighted by molar-refractivity contribution is 7.89. The number of benzene rings is 2. The van der Waals surface area contributed by atoms with E-state index in [-0.39, 0.29) is 42.8 Å². The van der Waals surface area contributed by atoms with Gasteiger partial charge in [-0.05, 0) is 29.2 Å². The molecule has 1 N–H and O–H groups in total. The Morgan fingerprint density at radius 2 is 1.67 bits per heavy atom. The maximum atomic E-state index is 13.1.